The molecule has 1 amide bonds. The van der Waals surface area contributed by atoms with E-state index in [-0.39, 0.29) is 16.9 Å². The summed E-state index contributed by atoms with van der Waals surface area (Å²) in [6.45, 7) is 1.83. The van der Waals surface area contributed by atoms with Gasteiger partial charge in [-0.2, -0.15) is 5.10 Å². The molecule has 0 bridgehead atoms. The van der Waals surface area contributed by atoms with E-state index >= 15 is 0 Å². The Kier molecular flexibility index (Phi) is 6.69. The second-order valence-electron chi connectivity index (χ2n) is 5.07. The first-order valence-electron chi connectivity index (χ1n) is 7.46. The van der Waals surface area contributed by atoms with Gasteiger partial charge >= 0.3 is 0 Å². The number of aromatic hydroxyl groups is 1. The summed E-state index contributed by atoms with van der Waals surface area (Å²) in [5, 5.41) is 13.6. The number of hydrogen-bond acceptors (Lipinski definition) is 5. The van der Waals surface area contributed by atoms with Crippen LogP contribution in [0, 0.1) is 0 Å². The number of carbonyl (C=O) groups is 1. The van der Waals surface area contributed by atoms with E-state index in [9.17, 15) is 9.90 Å². The molecule has 0 aliphatic carbocycles. The number of methoxy groups -OCH3 is 1. The first kappa shape index (κ1) is 17.9. The molecule has 1 atom stereocenters. The third kappa shape index (κ3) is 5.03. The Balaban J connectivity index is 1.86. The number of benzene rings is 2. The first-order valence-corrected chi connectivity index (χ1v) is 8.51. The van der Waals surface area contributed by atoms with E-state index in [1.54, 1.807) is 18.2 Å². The van der Waals surface area contributed by atoms with E-state index in [2.05, 4.69) is 10.5 Å². The van der Waals surface area contributed by atoms with Gasteiger partial charge in [0.05, 0.1) is 18.6 Å². The van der Waals surface area contributed by atoms with Gasteiger partial charge < -0.3 is 9.84 Å². The molecule has 0 saturated heterocycles. The lowest BCUT2D eigenvalue weighted by Gasteiger charge is -2.09. The van der Waals surface area contributed by atoms with Crippen LogP contribution in [0.1, 0.15) is 18.1 Å². The summed E-state index contributed by atoms with van der Waals surface area (Å²) in [6.07, 6.45) is 1.39. The van der Waals surface area contributed by atoms with Crippen molar-refractivity contribution in [1.29, 1.82) is 0 Å². The summed E-state index contributed by atoms with van der Waals surface area (Å²) >= 11 is 1.54. The summed E-state index contributed by atoms with van der Waals surface area (Å²) < 4.78 is 5.02. The van der Waals surface area contributed by atoms with Gasteiger partial charge in [0.15, 0.2) is 11.5 Å². The molecule has 0 saturated carbocycles. The molecule has 0 aliphatic heterocycles. The minimum Gasteiger partial charge on any atom is -0.504 e. The number of nitrogens with zero attached hydrogens (tertiary/aromatic N) is 1. The van der Waals surface area contributed by atoms with Crippen LogP contribution in [0.2, 0.25) is 0 Å². The smallest absolute Gasteiger partial charge is 0.252 e. The molecule has 2 rings (SSSR count). The highest BCUT2D eigenvalue weighted by Gasteiger charge is 2.12. The Morgan fingerprint density at radius 1 is 1.29 bits per heavy atom. The third-order valence-electron chi connectivity index (χ3n) is 3.34. The number of carbonyl (C=O) groups excluding carboxylic acids is 1. The number of phenols is 1. The molecule has 0 fully saturated rings. The number of phenolic OH excluding ortho intramolecular Hbond substituents is 1. The van der Waals surface area contributed by atoms with Gasteiger partial charge in [0, 0.05) is 11.3 Å². The molecule has 24 heavy (non-hydrogen) atoms. The van der Waals surface area contributed by atoms with Crippen LogP contribution in [0.3, 0.4) is 0 Å². The van der Waals surface area contributed by atoms with Gasteiger partial charge in [-0.25, -0.2) is 5.43 Å². The van der Waals surface area contributed by atoms with Crippen LogP contribution in [-0.4, -0.2) is 29.6 Å². The summed E-state index contributed by atoms with van der Waals surface area (Å²) in [6, 6.07) is 15.0. The Morgan fingerprint density at radius 3 is 2.75 bits per heavy atom. The number of amides is 1. The summed E-state index contributed by atoms with van der Waals surface area (Å²) in [5.74, 6) is 0.923. The number of nitrogens with one attached hydrogen (secondary N) is 1. The number of para-hydroxylation sites is 1. The molecule has 2 aromatic carbocycles. The van der Waals surface area contributed by atoms with E-state index in [1.165, 1.54) is 30.6 Å². The maximum Gasteiger partial charge on any atom is 0.252 e. The zero-order valence-corrected chi connectivity index (χ0v) is 14.4. The molecule has 2 N–H and O–H groups in total. The van der Waals surface area contributed by atoms with Crippen LogP contribution in [0.4, 0.5) is 0 Å². The maximum atomic E-state index is 12.0. The quantitative estimate of drug-likeness (QED) is 0.598. The van der Waals surface area contributed by atoms with Crippen LogP contribution < -0.4 is 10.2 Å². The average molecular weight is 344 g/mol. The molecule has 0 unspecified atom stereocenters. The lowest BCUT2D eigenvalue weighted by Crippen LogP contribution is -2.27. The molecule has 0 aliphatic rings. The van der Waals surface area contributed by atoms with Crippen molar-refractivity contribution in [1.82, 2.24) is 5.43 Å². The van der Waals surface area contributed by atoms with Crippen molar-refractivity contribution in [2.45, 2.75) is 17.9 Å². The molecule has 0 radical (unpaired) electrons. The lowest BCUT2D eigenvalue weighted by atomic mass is 10.2. The predicted octanol–water partition coefficient (Wildman–Crippen LogP) is 3.17. The molecule has 0 heterocycles. The van der Waals surface area contributed by atoms with Gasteiger partial charge in [-0.15, -0.1) is 11.8 Å². The lowest BCUT2D eigenvalue weighted by molar-refractivity contribution is -0.120. The van der Waals surface area contributed by atoms with Crippen molar-refractivity contribution in [2.24, 2.45) is 5.10 Å². The first-order chi connectivity index (χ1) is 11.6. The van der Waals surface area contributed by atoms with Crippen molar-refractivity contribution >= 4 is 23.9 Å². The number of ether oxygens (including phenoxy) is 1. The fourth-order valence-corrected chi connectivity index (χ4v) is 2.77. The Bertz CT molecular complexity index is 705. The SMILES string of the molecule is COc1cccc(/C=N/NC(=O)[C@H](C)SCc2ccccc2)c1O. The molecule has 6 heteroatoms. The molecule has 0 spiro atoms. The highest BCUT2D eigenvalue weighted by molar-refractivity contribution is 7.99. The maximum absolute atomic E-state index is 12.0. The van der Waals surface area contributed by atoms with E-state index in [4.69, 9.17) is 4.74 Å². The van der Waals surface area contributed by atoms with Crippen molar-refractivity contribution in [3.05, 3.63) is 59.7 Å². The minimum atomic E-state index is -0.235. The summed E-state index contributed by atoms with van der Waals surface area (Å²) in [5.41, 5.74) is 4.13. The molecule has 126 valence electrons. The van der Waals surface area contributed by atoms with Gasteiger partial charge in [0.2, 0.25) is 0 Å². The van der Waals surface area contributed by atoms with Crippen molar-refractivity contribution in [3.8, 4) is 11.5 Å². The fraction of sp³-hybridized carbons (Fsp3) is 0.222. The Labute approximate surface area is 145 Å². The van der Waals surface area contributed by atoms with E-state index in [0.717, 1.165) is 5.75 Å². The highest BCUT2D eigenvalue weighted by Crippen LogP contribution is 2.27. The van der Waals surface area contributed by atoms with Crippen LogP contribution in [0.25, 0.3) is 0 Å². The molecular weight excluding hydrogens is 324 g/mol. The van der Waals surface area contributed by atoms with Gasteiger partial charge in [-0.3, -0.25) is 4.79 Å². The third-order valence-corrected chi connectivity index (χ3v) is 4.55. The van der Waals surface area contributed by atoms with Crippen LogP contribution in [0.15, 0.2) is 53.6 Å². The summed E-state index contributed by atoms with van der Waals surface area (Å²) in [4.78, 5) is 12.0. The number of rotatable bonds is 7. The predicted molar refractivity (Wildman–Crippen MR) is 97.6 cm³/mol. The monoisotopic (exact) mass is 344 g/mol. The molecular formula is C18H20N2O3S. The fourth-order valence-electron chi connectivity index (χ4n) is 1.94. The van der Waals surface area contributed by atoms with Crippen LogP contribution in [-0.2, 0) is 10.5 Å². The van der Waals surface area contributed by atoms with E-state index in [1.807, 2.05) is 37.3 Å². The van der Waals surface area contributed by atoms with E-state index in [0.29, 0.717) is 11.3 Å². The Hall–Kier alpha value is -2.47. The van der Waals surface area contributed by atoms with Gasteiger partial charge in [-0.1, -0.05) is 36.4 Å². The van der Waals surface area contributed by atoms with Crippen LogP contribution in [0.5, 0.6) is 11.5 Å². The number of hydrazone groups is 1. The largest absolute Gasteiger partial charge is 0.504 e. The standard InChI is InChI=1S/C18H20N2O3S/c1-13(24-12-14-7-4-3-5-8-14)18(22)20-19-11-15-9-6-10-16(23-2)17(15)21/h3-11,13,21H,12H2,1-2H3,(H,20,22)/b19-11+/t13-/m0/s1. The zero-order valence-electron chi connectivity index (χ0n) is 13.6. The summed E-state index contributed by atoms with van der Waals surface area (Å²) in [7, 11) is 1.48. The van der Waals surface area contributed by atoms with Gasteiger partial charge in [-0.05, 0) is 24.6 Å². The second-order valence-corrected chi connectivity index (χ2v) is 6.40. The minimum absolute atomic E-state index is 0.00972. The van der Waals surface area contributed by atoms with Crippen molar-refractivity contribution in [2.75, 3.05) is 7.11 Å². The second kappa shape index (κ2) is 8.98. The van der Waals surface area contributed by atoms with Gasteiger partial charge in [0.1, 0.15) is 0 Å². The zero-order chi connectivity index (χ0) is 17.4. The van der Waals surface area contributed by atoms with E-state index < -0.39 is 0 Å². The Morgan fingerprint density at radius 2 is 2.04 bits per heavy atom. The normalized spacial score (nSPS) is 12.1. The number of thioether (sulfide) groups is 1. The highest BCUT2D eigenvalue weighted by atomic mass is 32.2. The molecule has 5 nitrogen and oxygen atoms in total. The van der Waals surface area contributed by atoms with Crippen LogP contribution >= 0.6 is 11.8 Å². The average Bonchev–Trinajstić information content (AvgIpc) is 2.61. The molecule has 0 aromatic heterocycles. The topological polar surface area (TPSA) is 70.9 Å². The van der Waals surface area contributed by atoms with Gasteiger partial charge in [0.25, 0.3) is 5.91 Å². The number of hydrogen-bond donors (Lipinski definition) is 2. The van der Waals surface area contributed by atoms with Crippen molar-refractivity contribution < 1.29 is 14.6 Å². The molecule has 2 aromatic rings. The van der Waals surface area contributed by atoms with Crippen molar-refractivity contribution in [3.63, 3.8) is 0 Å².